The Hall–Kier alpha value is -1.64. The minimum Gasteiger partial charge on any atom is -0.336 e. The number of benzene rings is 1. The largest absolute Gasteiger partial charge is 0.336 e. The van der Waals surface area contributed by atoms with E-state index in [0.717, 1.165) is 0 Å². The standard InChI is InChI=1S/C9H7FN2/c1-2-8-11-7-5-3-4-6(10)9(7)12-8/h2-5H,1H2,(H,11,12). The minimum absolute atomic E-state index is 0.284. The van der Waals surface area contributed by atoms with E-state index in [2.05, 4.69) is 16.5 Å². The van der Waals surface area contributed by atoms with Crippen LogP contribution in [0.5, 0.6) is 0 Å². The quantitative estimate of drug-likeness (QED) is 0.685. The van der Waals surface area contributed by atoms with Gasteiger partial charge in [-0.25, -0.2) is 9.37 Å². The molecule has 0 saturated carbocycles. The molecule has 60 valence electrons. The second-order valence-corrected chi connectivity index (χ2v) is 2.46. The van der Waals surface area contributed by atoms with Crippen LogP contribution >= 0.6 is 0 Å². The van der Waals surface area contributed by atoms with E-state index in [-0.39, 0.29) is 5.82 Å². The maximum Gasteiger partial charge on any atom is 0.148 e. The van der Waals surface area contributed by atoms with Crippen LogP contribution in [-0.2, 0) is 0 Å². The van der Waals surface area contributed by atoms with E-state index in [1.807, 2.05) is 0 Å². The topological polar surface area (TPSA) is 28.7 Å². The summed E-state index contributed by atoms with van der Waals surface area (Å²) >= 11 is 0. The highest BCUT2D eigenvalue weighted by Gasteiger charge is 2.03. The molecule has 1 aromatic carbocycles. The van der Waals surface area contributed by atoms with Crippen molar-refractivity contribution < 1.29 is 4.39 Å². The first-order valence-corrected chi connectivity index (χ1v) is 3.58. The third-order valence-electron chi connectivity index (χ3n) is 1.68. The van der Waals surface area contributed by atoms with Crippen LogP contribution in [0.2, 0.25) is 0 Å². The van der Waals surface area contributed by atoms with Crippen molar-refractivity contribution in [3.8, 4) is 0 Å². The van der Waals surface area contributed by atoms with E-state index >= 15 is 0 Å². The van der Waals surface area contributed by atoms with Crippen LogP contribution in [0, 0.1) is 5.82 Å². The van der Waals surface area contributed by atoms with Gasteiger partial charge in [-0.1, -0.05) is 12.6 Å². The van der Waals surface area contributed by atoms with E-state index in [4.69, 9.17) is 0 Å². The molecule has 2 rings (SSSR count). The van der Waals surface area contributed by atoms with Gasteiger partial charge in [0.25, 0.3) is 0 Å². The van der Waals surface area contributed by atoms with Gasteiger partial charge in [-0.05, 0) is 18.2 Å². The molecule has 0 aliphatic carbocycles. The Morgan fingerprint density at radius 3 is 3.00 bits per heavy atom. The third kappa shape index (κ3) is 0.906. The zero-order valence-electron chi connectivity index (χ0n) is 6.34. The maximum absolute atomic E-state index is 13.0. The molecule has 0 spiro atoms. The first-order valence-electron chi connectivity index (χ1n) is 3.58. The molecular weight excluding hydrogens is 155 g/mol. The lowest BCUT2D eigenvalue weighted by molar-refractivity contribution is 0.637. The lowest BCUT2D eigenvalue weighted by atomic mass is 10.3. The monoisotopic (exact) mass is 162 g/mol. The summed E-state index contributed by atoms with van der Waals surface area (Å²) in [7, 11) is 0. The molecule has 0 radical (unpaired) electrons. The van der Waals surface area contributed by atoms with Crippen LogP contribution in [0.4, 0.5) is 4.39 Å². The van der Waals surface area contributed by atoms with Crippen LogP contribution in [0.3, 0.4) is 0 Å². The highest BCUT2D eigenvalue weighted by Crippen LogP contribution is 2.14. The summed E-state index contributed by atoms with van der Waals surface area (Å²) in [5.74, 6) is 0.309. The van der Waals surface area contributed by atoms with Crippen molar-refractivity contribution in [3.63, 3.8) is 0 Å². The van der Waals surface area contributed by atoms with Crippen LogP contribution < -0.4 is 0 Å². The molecule has 0 fully saturated rings. The summed E-state index contributed by atoms with van der Waals surface area (Å²) in [5.41, 5.74) is 1.07. The first-order chi connectivity index (χ1) is 5.81. The second kappa shape index (κ2) is 2.44. The highest BCUT2D eigenvalue weighted by molar-refractivity contribution is 5.77. The Morgan fingerprint density at radius 2 is 2.33 bits per heavy atom. The summed E-state index contributed by atoms with van der Waals surface area (Å²) in [5, 5.41) is 0. The summed E-state index contributed by atoms with van der Waals surface area (Å²) in [4.78, 5) is 6.89. The van der Waals surface area contributed by atoms with Gasteiger partial charge < -0.3 is 4.98 Å². The van der Waals surface area contributed by atoms with E-state index in [9.17, 15) is 4.39 Å². The molecule has 2 nitrogen and oxygen atoms in total. The first kappa shape index (κ1) is 7.03. The molecule has 0 aliphatic rings. The van der Waals surface area contributed by atoms with Crippen molar-refractivity contribution in [2.75, 3.05) is 0 Å². The molecule has 1 aromatic heterocycles. The number of para-hydroxylation sites is 1. The summed E-state index contributed by atoms with van der Waals surface area (Å²) < 4.78 is 13.0. The summed E-state index contributed by atoms with van der Waals surface area (Å²) in [6.45, 7) is 3.54. The Balaban J connectivity index is 2.82. The predicted octanol–water partition coefficient (Wildman–Crippen LogP) is 2.34. The van der Waals surface area contributed by atoms with E-state index in [1.54, 1.807) is 18.2 Å². The molecule has 0 saturated heterocycles. The van der Waals surface area contributed by atoms with Gasteiger partial charge in [0.15, 0.2) is 0 Å². The van der Waals surface area contributed by atoms with Crippen molar-refractivity contribution in [3.05, 3.63) is 36.4 Å². The smallest absolute Gasteiger partial charge is 0.148 e. The number of hydrogen-bond donors (Lipinski definition) is 1. The molecular formula is C9H7FN2. The number of rotatable bonds is 1. The van der Waals surface area contributed by atoms with Crippen molar-refractivity contribution in [1.82, 2.24) is 9.97 Å². The zero-order chi connectivity index (χ0) is 8.55. The number of hydrogen-bond acceptors (Lipinski definition) is 1. The van der Waals surface area contributed by atoms with Gasteiger partial charge in [0, 0.05) is 0 Å². The minimum atomic E-state index is -0.284. The van der Waals surface area contributed by atoms with E-state index in [0.29, 0.717) is 16.9 Å². The number of fused-ring (bicyclic) bond motifs is 1. The molecule has 12 heavy (non-hydrogen) atoms. The Bertz CT molecular complexity index is 431. The molecule has 0 bridgehead atoms. The van der Waals surface area contributed by atoms with Gasteiger partial charge >= 0.3 is 0 Å². The lowest BCUT2D eigenvalue weighted by Gasteiger charge is -1.87. The molecule has 1 N–H and O–H groups in total. The average molecular weight is 162 g/mol. The van der Waals surface area contributed by atoms with Gasteiger partial charge in [0.05, 0.1) is 5.52 Å². The maximum atomic E-state index is 13.0. The zero-order valence-corrected chi connectivity index (χ0v) is 6.34. The molecule has 0 atom stereocenters. The SMILES string of the molecule is C=Cc1nc2cccc(F)c2[nH]1. The van der Waals surface area contributed by atoms with Crippen LogP contribution in [0.15, 0.2) is 24.8 Å². The number of nitrogens with one attached hydrogen (secondary N) is 1. The number of halogens is 1. The normalized spacial score (nSPS) is 10.4. The second-order valence-electron chi connectivity index (χ2n) is 2.46. The van der Waals surface area contributed by atoms with Gasteiger partial charge in [-0.3, -0.25) is 0 Å². The van der Waals surface area contributed by atoms with Crippen molar-refractivity contribution in [2.24, 2.45) is 0 Å². The number of nitrogens with zero attached hydrogens (tertiary/aromatic N) is 1. The predicted molar refractivity (Wildman–Crippen MR) is 46.1 cm³/mol. The van der Waals surface area contributed by atoms with Crippen molar-refractivity contribution in [1.29, 1.82) is 0 Å². The third-order valence-corrected chi connectivity index (χ3v) is 1.68. The Labute approximate surface area is 68.7 Å². The van der Waals surface area contributed by atoms with Crippen LogP contribution in [0.25, 0.3) is 17.1 Å². The Morgan fingerprint density at radius 1 is 1.50 bits per heavy atom. The lowest BCUT2D eigenvalue weighted by Crippen LogP contribution is -1.75. The molecule has 2 aromatic rings. The molecule has 3 heteroatoms. The number of aromatic nitrogens is 2. The highest BCUT2D eigenvalue weighted by atomic mass is 19.1. The molecule has 0 unspecified atom stereocenters. The van der Waals surface area contributed by atoms with Crippen LogP contribution in [0.1, 0.15) is 5.82 Å². The molecule has 0 amide bonds. The molecule has 0 aliphatic heterocycles. The summed E-state index contributed by atoms with van der Waals surface area (Å²) in [6, 6.07) is 4.78. The fraction of sp³-hybridized carbons (Fsp3) is 0. The fourth-order valence-corrected chi connectivity index (χ4v) is 1.11. The Kier molecular flexibility index (Phi) is 1.43. The van der Waals surface area contributed by atoms with Crippen molar-refractivity contribution in [2.45, 2.75) is 0 Å². The number of aromatic amines is 1. The van der Waals surface area contributed by atoms with Gasteiger partial charge in [0.2, 0.25) is 0 Å². The molecule has 1 heterocycles. The van der Waals surface area contributed by atoms with Gasteiger partial charge in [-0.15, -0.1) is 0 Å². The van der Waals surface area contributed by atoms with E-state index < -0.39 is 0 Å². The van der Waals surface area contributed by atoms with Crippen molar-refractivity contribution >= 4 is 17.1 Å². The van der Waals surface area contributed by atoms with Gasteiger partial charge in [0.1, 0.15) is 17.2 Å². The van der Waals surface area contributed by atoms with Gasteiger partial charge in [-0.2, -0.15) is 0 Å². The average Bonchev–Trinajstić information content (AvgIpc) is 2.49. The van der Waals surface area contributed by atoms with Crippen LogP contribution in [-0.4, -0.2) is 9.97 Å². The van der Waals surface area contributed by atoms with E-state index in [1.165, 1.54) is 6.07 Å². The summed E-state index contributed by atoms with van der Waals surface area (Å²) in [6.07, 6.45) is 1.56. The number of imidazole rings is 1. The number of H-pyrrole nitrogens is 1. The fourth-order valence-electron chi connectivity index (χ4n) is 1.11.